The third-order valence-corrected chi connectivity index (χ3v) is 4.03. The van der Waals surface area contributed by atoms with Crippen molar-refractivity contribution in [3.8, 4) is 0 Å². The summed E-state index contributed by atoms with van der Waals surface area (Å²) >= 11 is 0. The largest absolute Gasteiger partial charge is 0.288 e. The lowest BCUT2D eigenvalue weighted by molar-refractivity contribution is -0.111. The first kappa shape index (κ1) is 12.7. The standard InChI is InChI=1S/C20H12O2/c21-19(13-6-2-1-3-7-13)17-11-10-16-15-9-5-4-8-14(15)12-18(16)20(17)22/h1-12H. The zero-order valence-corrected chi connectivity index (χ0v) is 11.7. The van der Waals surface area contributed by atoms with Crippen molar-refractivity contribution in [3.05, 3.63) is 94.6 Å². The van der Waals surface area contributed by atoms with Gasteiger partial charge in [-0.1, -0.05) is 60.7 Å². The Labute approximate surface area is 128 Å². The highest BCUT2D eigenvalue weighted by Crippen LogP contribution is 2.39. The number of Topliss-reactive ketones (excluding diaryl/α,β-unsaturated/α-hetero) is 2. The van der Waals surface area contributed by atoms with Crippen LogP contribution >= 0.6 is 0 Å². The molecule has 0 unspecified atom stereocenters. The molecule has 2 aliphatic rings. The lowest BCUT2D eigenvalue weighted by Gasteiger charge is -2.13. The van der Waals surface area contributed by atoms with Gasteiger partial charge in [0.2, 0.25) is 0 Å². The molecule has 2 aliphatic carbocycles. The van der Waals surface area contributed by atoms with Gasteiger partial charge >= 0.3 is 0 Å². The number of rotatable bonds is 2. The summed E-state index contributed by atoms with van der Waals surface area (Å²) in [5.41, 5.74) is 4.37. The van der Waals surface area contributed by atoms with E-state index in [9.17, 15) is 9.59 Å². The molecule has 0 amide bonds. The number of hydrogen-bond acceptors (Lipinski definition) is 2. The predicted octanol–water partition coefficient (Wildman–Crippen LogP) is 3.86. The molecule has 0 fully saturated rings. The first-order chi connectivity index (χ1) is 10.8. The molecule has 104 valence electrons. The quantitative estimate of drug-likeness (QED) is 0.620. The Kier molecular flexibility index (Phi) is 2.76. The van der Waals surface area contributed by atoms with Crippen LogP contribution in [0.15, 0.2) is 77.9 Å². The van der Waals surface area contributed by atoms with Crippen LogP contribution in [0.3, 0.4) is 0 Å². The zero-order chi connectivity index (χ0) is 15.1. The molecular weight excluding hydrogens is 272 g/mol. The molecule has 22 heavy (non-hydrogen) atoms. The number of hydrogen-bond donors (Lipinski definition) is 0. The van der Waals surface area contributed by atoms with Gasteiger partial charge in [0.05, 0.1) is 5.57 Å². The molecule has 0 bridgehead atoms. The van der Waals surface area contributed by atoms with Gasteiger partial charge in [0.25, 0.3) is 0 Å². The van der Waals surface area contributed by atoms with E-state index in [1.807, 2.05) is 42.5 Å². The lowest BCUT2D eigenvalue weighted by Crippen LogP contribution is -2.17. The highest BCUT2D eigenvalue weighted by molar-refractivity contribution is 6.37. The van der Waals surface area contributed by atoms with Gasteiger partial charge in [0, 0.05) is 11.1 Å². The van der Waals surface area contributed by atoms with Crippen LogP contribution in [0.1, 0.15) is 21.5 Å². The van der Waals surface area contributed by atoms with Crippen molar-refractivity contribution < 1.29 is 9.59 Å². The van der Waals surface area contributed by atoms with Crippen LogP contribution in [0.25, 0.3) is 11.6 Å². The van der Waals surface area contributed by atoms with E-state index in [-0.39, 0.29) is 17.1 Å². The number of carbonyl (C=O) groups excluding carboxylic acids is 2. The molecule has 2 heteroatoms. The fourth-order valence-electron chi connectivity index (χ4n) is 2.93. The average molecular weight is 284 g/mol. The maximum Gasteiger partial charge on any atom is 0.197 e. The Hall–Kier alpha value is -3.00. The maximum absolute atomic E-state index is 12.7. The van der Waals surface area contributed by atoms with E-state index in [1.165, 1.54) is 0 Å². The molecule has 0 saturated carbocycles. The van der Waals surface area contributed by atoms with E-state index in [4.69, 9.17) is 0 Å². The maximum atomic E-state index is 12.7. The van der Waals surface area contributed by atoms with Gasteiger partial charge in [-0.15, -0.1) is 0 Å². The van der Waals surface area contributed by atoms with Crippen molar-refractivity contribution in [3.63, 3.8) is 0 Å². The zero-order valence-electron chi connectivity index (χ0n) is 11.7. The molecule has 2 nitrogen and oxygen atoms in total. The molecule has 4 rings (SSSR count). The summed E-state index contributed by atoms with van der Waals surface area (Å²) in [4.78, 5) is 25.2. The molecular formula is C20H12O2. The monoisotopic (exact) mass is 284 g/mol. The average Bonchev–Trinajstić information content (AvgIpc) is 2.95. The van der Waals surface area contributed by atoms with Gasteiger partial charge in [0.15, 0.2) is 11.6 Å². The van der Waals surface area contributed by atoms with Crippen molar-refractivity contribution in [1.29, 1.82) is 0 Å². The van der Waals surface area contributed by atoms with E-state index >= 15 is 0 Å². The molecule has 0 atom stereocenters. The minimum atomic E-state index is -0.224. The Morgan fingerprint density at radius 2 is 1.50 bits per heavy atom. The Bertz CT molecular complexity index is 896. The summed E-state index contributed by atoms with van der Waals surface area (Å²) in [6.45, 7) is 0. The van der Waals surface area contributed by atoms with Crippen molar-refractivity contribution in [1.82, 2.24) is 0 Å². The van der Waals surface area contributed by atoms with E-state index in [1.54, 1.807) is 30.3 Å². The third kappa shape index (κ3) is 1.81. The van der Waals surface area contributed by atoms with Crippen molar-refractivity contribution >= 4 is 23.2 Å². The minimum Gasteiger partial charge on any atom is -0.288 e. The van der Waals surface area contributed by atoms with E-state index in [0.717, 1.165) is 16.7 Å². The lowest BCUT2D eigenvalue weighted by atomic mass is 9.87. The van der Waals surface area contributed by atoms with Crippen LogP contribution in [-0.4, -0.2) is 11.6 Å². The molecule has 0 N–H and O–H groups in total. The van der Waals surface area contributed by atoms with Crippen LogP contribution in [0, 0.1) is 0 Å². The summed E-state index contributed by atoms with van der Waals surface area (Å²) in [5.74, 6) is -0.416. The van der Waals surface area contributed by atoms with E-state index in [0.29, 0.717) is 11.1 Å². The van der Waals surface area contributed by atoms with Gasteiger partial charge in [-0.3, -0.25) is 9.59 Å². The van der Waals surface area contributed by atoms with Crippen LogP contribution in [0.2, 0.25) is 0 Å². The molecule has 2 aromatic rings. The van der Waals surface area contributed by atoms with Crippen LogP contribution in [-0.2, 0) is 4.79 Å². The number of ketones is 2. The third-order valence-electron chi connectivity index (χ3n) is 4.03. The fraction of sp³-hybridized carbons (Fsp3) is 0. The summed E-state index contributed by atoms with van der Waals surface area (Å²) in [6, 6.07) is 16.8. The second-order valence-electron chi connectivity index (χ2n) is 5.33. The molecule has 0 radical (unpaired) electrons. The molecule has 0 aromatic heterocycles. The molecule has 0 saturated heterocycles. The SMILES string of the molecule is O=C1C(C(=O)c2ccccc2)=CC=C2C1=Cc1ccccc12. The van der Waals surface area contributed by atoms with E-state index in [2.05, 4.69) is 0 Å². The molecule has 0 heterocycles. The molecule has 0 spiro atoms. The highest BCUT2D eigenvalue weighted by atomic mass is 16.1. The summed E-state index contributed by atoms with van der Waals surface area (Å²) in [5, 5.41) is 0. The van der Waals surface area contributed by atoms with Crippen LogP contribution in [0.5, 0.6) is 0 Å². The number of allylic oxidation sites excluding steroid dienone is 5. The topological polar surface area (TPSA) is 34.1 Å². The Morgan fingerprint density at radius 1 is 0.773 bits per heavy atom. The summed E-state index contributed by atoms with van der Waals surface area (Å²) in [6.07, 6.45) is 5.39. The van der Waals surface area contributed by atoms with Gasteiger partial charge in [-0.2, -0.15) is 0 Å². The number of fused-ring (bicyclic) bond motifs is 3. The minimum absolute atomic E-state index is 0.192. The van der Waals surface area contributed by atoms with Gasteiger partial charge in [-0.05, 0) is 28.9 Å². The van der Waals surface area contributed by atoms with Crippen LogP contribution in [0.4, 0.5) is 0 Å². The normalized spacial score (nSPS) is 15.5. The Balaban J connectivity index is 1.78. The fourth-order valence-corrected chi connectivity index (χ4v) is 2.93. The molecule has 0 aliphatic heterocycles. The van der Waals surface area contributed by atoms with Crippen molar-refractivity contribution in [2.24, 2.45) is 0 Å². The smallest absolute Gasteiger partial charge is 0.197 e. The first-order valence-corrected chi connectivity index (χ1v) is 7.13. The summed E-state index contributed by atoms with van der Waals surface area (Å²) in [7, 11) is 0. The predicted molar refractivity (Wildman–Crippen MR) is 86.3 cm³/mol. The number of carbonyl (C=O) groups is 2. The van der Waals surface area contributed by atoms with Crippen molar-refractivity contribution in [2.75, 3.05) is 0 Å². The first-order valence-electron chi connectivity index (χ1n) is 7.13. The van der Waals surface area contributed by atoms with Gasteiger partial charge in [0.1, 0.15) is 0 Å². The van der Waals surface area contributed by atoms with E-state index < -0.39 is 0 Å². The highest BCUT2D eigenvalue weighted by Gasteiger charge is 2.31. The number of benzene rings is 2. The molecule has 2 aromatic carbocycles. The van der Waals surface area contributed by atoms with Crippen molar-refractivity contribution in [2.45, 2.75) is 0 Å². The van der Waals surface area contributed by atoms with Gasteiger partial charge in [-0.25, -0.2) is 0 Å². The second kappa shape index (κ2) is 4.78. The second-order valence-corrected chi connectivity index (χ2v) is 5.33. The Morgan fingerprint density at radius 3 is 2.32 bits per heavy atom. The summed E-state index contributed by atoms with van der Waals surface area (Å²) < 4.78 is 0. The van der Waals surface area contributed by atoms with Crippen LogP contribution < -0.4 is 0 Å². The van der Waals surface area contributed by atoms with Gasteiger partial charge < -0.3 is 0 Å².